The monoisotopic (exact) mass is 267 g/mol. The lowest BCUT2D eigenvalue weighted by Crippen LogP contribution is -2.22. The molecule has 0 aliphatic carbocycles. The summed E-state index contributed by atoms with van der Waals surface area (Å²) in [5.41, 5.74) is 1.36. The van der Waals surface area contributed by atoms with Crippen molar-refractivity contribution in [2.24, 2.45) is 0 Å². The molecule has 100 valence electrons. The molecule has 1 aromatic heterocycles. The van der Waals surface area contributed by atoms with Crippen LogP contribution in [0.15, 0.2) is 51.7 Å². The highest BCUT2D eigenvalue weighted by molar-refractivity contribution is 5.98. The Balaban J connectivity index is 2.27. The molecule has 0 radical (unpaired) electrons. The molecule has 0 saturated carbocycles. The van der Waals surface area contributed by atoms with Gasteiger partial charge in [0.25, 0.3) is 5.91 Å². The molecular formula is C16H13NO3. The summed E-state index contributed by atoms with van der Waals surface area (Å²) in [6, 6.07) is 12.0. The van der Waals surface area contributed by atoms with Crippen LogP contribution in [0.25, 0.3) is 21.9 Å². The second-order valence-corrected chi connectivity index (χ2v) is 4.50. The predicted molar refractivity (Wildman–Crippen MR) is 78.0 cm³/mol. The van der Waals surface area contributed by atoms with Crippen molar-refractivity contribution >= 4 is 27.8 Å². The van der Waals surface area contributed by atoms with E-state index in [4.69, 9.17) is 4.42 Å². The summed E-state index contributed by atoms with van der Waals surface area (Å²) in [5.74, 6) is -0.176. The van der Waals surface area contributed by atoms with Gasteiger partial charge in [-0.25, -0.2) is 0 Å². The number of benzene rings is 2. The Morgan fingerprint density at radius 2 is 1.85 bits per heavy atom. The van der Waals surface area contributed by atoms with Crippen molar-refractivity contribution in [1.29, 1.82) is 0 Å². The molecule has 4 heteroatoms. The van der Waals surface area contributed by atoms with Crippen molar-refractivity contribution in [3.05, 3.63) is 58.3 Å². The van der Waals surface area contributed by atoms with Crippen molar-refractivity contribution in [3.8, 4) is 0 Å². The van der Waals surface area contributed by atoms with Crippen LogP contribution in [0.2, 0.25) is 0 Å². The van der Waals surface area contributed by atoms with E-state index in [0.29, 0.717) is 34.0 Å². The van der Waals surface area contributed by atoms with Crippen LogP contribution in [-0.2, 0) is 0 Å². The summed E-state index contributed by atoms with van der Waals surface area (Å²) in [7, 11) is 0. The van der Waals surface area contributed by atoms with Gasteiger partial charge in [0.05, 0.1) is 10.8 Å². The van der Waals surface area contributed by atoms with Gasteiger partial charge in [0.1, 0.15) is 11.2 Å². The van der Waals surface area contributed by atoms with Crippen LogP contribution in [0.3, 0.4) is 0 Å². The average Bonchev–Trinajstić information content (AvgIpc) is 2.47. The zero-order chi connectivity index (χ0) is 14.1. The number of hydrogen-bond donors (Lipinski definition) is 1. The summed E-state index contributed by atoms with van der Waals surface area (Å²) in [4.78, 5) is 24.1. The van der Waals surface area contributed by atoms with Crippen LogP contribution in [0.4, 0.5) is 0 Å². The molecule has 0 bridgehead atoms. The first-order valence-electron chi connectivity index (χ1n) is 6.44. The standard InChI is InChI=1S/C16H13NO3/c1-2-17-16(19)10-7-8-12-14(9-10)20-13-6-4-3-5-11(13)15(12)18/h3-9H,2H2,1H3,(H,17,19). The van der Waals surface area contributed by atoms with Crippen LogP contribution in [0.1, 0.15) is 17.3 Å². The van der Waals surface area contributed by atoms with E-state index in [2.05, 4.69) is 5.32 Å². The lowest BCUT2D eigenvalue weighted by atomic mass is 10.1. The van der Waals surface area contributed by atoms with Gasteiger partial charge < -0.3 is 9.73 Å². The normalized spacial score (nSPS) is 10.8. The van der Waals surface area contributed by atoms with Crippen LogP contribution < -0.4 is 10.7 Å². The van der Waals surface area contributed by atoms with Gasteiger partial charge in [-0.2, -0.15) is 0 Å². The highest BCUT2D eigenvalue weighted by Gasteiger charge is 2.10. The van der Waals surface area contributed by atoms with Crippen molar-refractivity contribution < 1.29 is 9.21 Å². The Hall–Kier alpha value is -2.62. The lowest BCUT2D eigenvalue weighted by molar-refractivity contribution is 0.0956. The molecule has 3 aromatic rings. The van der Waals surface area contributed by atoms with Crippen molar-refractivity contribution in [2.45, 2.75) is 6.92 Å². The quantitative estimate of drug-likeness (QED) is 0.726. The van der Waals surface area contributed by atoms with Gasteiger partial charge in [-0.3, -0.25) is 9.59 Å². The van der Waals surface area contributed by atoms with E-state index in [0.717, 1.165) is 0 Å². The topological polar surface area (TPSA) is 59.3 Å². The Morgan fingerprint density at radius 1 is 1.10 bits per heavy atom. The van der Waals surface area contributed by atoms with Gasteiger partial charge in [-0.05, 0) is 37.3 Å². The average molecular weight is 267 g/mol. The van der Waals surface area contributed by atoms with Gasteiger partial charge >= 0.3 is 0 Å². The molecule has 0 unspecified atom stereocenters. The highest BCUT2D eigenvalue weighted by atomic mass is 16.3. The number of para-hydroxylation sites is 1. The van der Waals surface area contributed by atoms with Crippen LogP contribution in [0.5, 0.6) is 0 Å². The van der Waals surface area contributed by atoms with E-state index in [1.165, 1.54) is 0 Å². The molecule has 0 atom stereocenters. The second kappa shape index (κ2) is 4.81. The molecule has 0 aliphatic rings. The summed E-state index contributed by atoms with van der Waals surface area (Å²) in [6.07, 6.45) is 0. The van der Waals surface area contributed by atoms with E-state index in [-0.39, 0.29) is 11.3 Å². The predicted octanol–water partition coefficient (Wildman–Crippen LogP) is 2.70. The summed E-state index contributed by atoms with van der Waals surface area (Å²) >= 11 is 0. The largest absolute Gasteiger partial charge is 0.456 e. The second-order valence-electron chi connectivity index (χ2n) is 4.50. The van der Waals surface area contributed by atoms with E-state index >= 15 is 0 Å². The number of nitrogens with one attached hydrogen (secondary N) is 1. The molecule has 20 heavy (non-hydrogen) atoms. The Kier molecular flexibility index (Phi) is 2.99. The van der Waals surface area contributed by atoms with Crippen LogP contribution in [0, 0.1) is 0 Å². The van der Waals surface area contributed by atoms with Gasteiger partial charge in [-0.1, -0.05) is 12.1 Å². The third-order valence-electron chi connectivity index (χ3n) is 3.18. The third kappa shape index (κ3) is 1.95. The van der Waals surface area contributed by atoms with Gasteiger partial charge in [0.2, 0.25) is 5.43 Å². The van der Waals surface area contributed by atoms with Gasteiger partial charge in [0.15, 0.2) is 0 Å². The number of amides is 1. The number of fused-ring (bicyclic) bond motifs is 2. The molecule has 2 aromatic carbocycles. The first-order chi connectivity index (χ1) is 9.70. The Bertz CT molecular complexity index is 864. The van der Waals surface area contributed by atoms with E-state index < -0.39 is 0 Å². The minimum absolute atomic E-state index is 0.0794. The number of carbonyl (C=O) groups is 1. The summed E-state index contributed by atoms with van der Waals surface area (Å²) in [6.45, 7) is 2.41. The maximum atomic E-state index is 12.3. The summed E-state index contributed by atoms with van der Waals surface area (Å²) < 4.78 is 5.72. The fraction of sp³-hybridized carbons (Fsp3) is 0.125. The molecule has 4 nitrogen and oxygen atoms in total. The zero-order valence-corrected chi connectivity index (χ0v) is 11.0. The smallest absolute Gasteiger partial charge is 0.251 e. The van der Waals surface area contributed by atoms with E-state index in [1.54, 1.807) is 36.4 Å². The van der Waals surface area contributed by atoms with Crippen LogP contribution in [-0.4, -0.2) is 12.5 Å². The fourth-order valence-electron chi connectivity index (χ4n) is 2.20. The Labute approximate surface area is 115 Å². The molecule has 0 saturated heterocycles. The van der Waals surface area contributed by atoms with Crippen LogP contribution >= 0.6 is 0 Å². The molecule has 0 spiro atoms. The molecular weight excluding hydrogens is 254 g/mol. The first kappa shape index (κ1) is 12.4. The SMILES string of the molecule is CCNC(=O)c1ccc2c(=O)c3ccccc3oc2c1. The van der Waals surface area contributed by atoms with Gasteiger partial charge in [0, 0.05) is 12.1 Å². The van der Waals surface area contributed by atoms with E-state index in [9.17, 15) is 9.59 Å². The van der Waals surface area contributed by atoms with Gasteiger partial charge in [-0.15, -0.1) is 0 Å². The minimum Gasteiger partial charge on any atom is -0.456 e. The highest BCUT2D eigenvalue weighted by Crippen LogP contribution is 2.19. The maximum absolute atomic E-state index is 12.3. The Morgan fingerprint density at radius 3 is 2.65 bits per heavy atom. The van der Waals surface area contributed by atoms with Crippen molar-refractivity contribution in [1.82, 2.24) is 5.32 Å². The molecule has 1 amide bonds. The zero-order valence-electron chi connectivity index (χ0n) is 11.0. The number of rotatable bonds is 2. The number of hydrogen-bond acceptors (Lipinski definition) is 3. The third-order valence-corrected chi connectivity index (χ3v) is 3.18. The first-order valence-corrected chi connectivity index (χ1v) is 6.44. The van der Waals surface area contributed by atoms with Crippen molar-refractivity contribution in [2.75, 3.05) is 6.54 Å². The fourth-order valence-corrected chi connectivity index (χ4v) is 2.20. The minimum atomic E-state index is -0.176. The molecule has 0 fully saturated rings. The summed E-state index contributed by atoms with van der Waals surface area (Å²) in [5, 5.41) is 3.75. The van der Waals surface area contributed by atoms with E-state index in [1.807, 2.05) is 13.0 Å². The number of carbonyl (C=O) groups excluding carboxylic acids is 1. The molecule has 1 N–H and O–H groups in total. The molecule has 3 rings (SSSR count). The lowest BCUT2D eigenvalue weighted by Gasteiger charge is -2.04. The molecule has 1 heterocycles. The molecule has 0 aliphatic heterocycles. The maximum Gasteiger partial charge on any atom is 0.251 e. The van der Waals surface area contributed by atoms with Crippen molar-refractivity contribution in [3.63, 3.8) is 0 Å².